The fourth-order valence-electron chi connectivity index (χ4n) is 4.22. The molecule has 8 nitrogen and oxygen atoms in total. The van der Waals surface area contributed by atoms with Crippen LogP contribution in [0.3, 0.4) is 0 Å². The fraction of sp³-hybridized carbons (Fsp3) is 0.0909. The molecule has 0 aliphatic carbocycles. The highest BCUT2D eigenvalue weighted by atomic mass is 35.5. The number of carbonyl (C=O) groups is 2. The maximum absolute atomic E-state index is 12.9. The van der Waals surface area contributed by atoms with Crippen molar-refractivity contribution in [2.75, 3.05) is 25.3 Å². The number of anilines is 1. The number of allylic oxidation sites excluding steroid dienone is 1. The minimum atomic E-state index is -0.220. The molecule has 0 saturated heterocycles. The molecular weight excluding hydrogens is 584 g/mol. The lowest BCUT2D eigenvalue weighted by molar-refractivity contribution is -0.113. The molecule has 0 atom stereocenters. The zero-order chi connectivity index (χ0) is 30.2. The molecule has 1 aromatic heterocycles. The molecule has 0 spiro atoms. The fourth-order valence-corrected chi connectivity index (χ4v) is 5.10. The number of para-hydroxylation sites is 1. The number of nitrogens with one attached hydrogen (secondary N) is 1. The lowest BCUT2D eigenvalue weighted by Gasteiger charge is -2.12. The van der Waals surface area contributed by atoms with Crippen LogP contribution in [0.2, 0.25) is 5.02 Å². The Hall–Kier alpha value is -4.86. The van der Waals surface area contributed by atoms with Crippen LogP contribution >= 0.6 is 23.4 Å². The van der Waals surface area contributed by atoms with Gasteiger partial charge in [0.1, 0.15) is 0 Å². The topological polar surface area (TPSA) is 95.3 Å². The minimum Gasteiger partial charge on any atom is -0.493 e. The summed E-state index contributed by atoms with van der Waals surface area (Å²) in [6.07, 6.45) is 3.24. The highest BCUT2D eigenvalue weighted by Gasteiger charge is 2.19. The van der Waals surface area contributed by atoms with Gasteiger partial charge in [-0.3, -0.25) is 14.2 Å². The SMILES string of the molecule is COc1ccc(-c2nnc(SCC(=O)Nc3ccc(C(=O)/C=C/c4ccc(Cl)cc4)cc3)n2-c2ccccc2)cc1OC. The van der Waals surface area contributed by atoms with Crippen LogP contribution in [0.5, 0.6) is 11.5 Å². The highest BCUT2D eigenvalue weighted by Crippen LogP contribution is 2.34. The number of ketones is 1. The Morgan fingerprint density at radius 2 is 1.60 bits per heavy atom. The predicted molar refractivity (Wildman–Crippen MR) is 171 cm³/mol. The zero-order valence-electron chi connectivity index (χ0n) is 23.4. The van der Waals surface area contributed by atoms with E-state index in [4.69, 9.17) is 21.1 Å². The molecule has 0 unspecified atom stereocenters. The first-order chi connectivity index (χ1) is 20.9. The molecule has 0 fully saturated rings. The van der Waals surface area contributed by atoms with Crippen LogP contribution in [0, 0.1) is 0 Å². The number of halogens is 1. The summed E-state index contributed by atoms with van der Waals surface area (Å²) in [5.41, 5.74) is 3.60. The molecule has 0 aliphatic rings. The highest BCUT2D eigenvalue weighted by molar-refractivity contribution is 7.99. The molecule has 0 bridgehead atoms. The van der Waals surface area contributed by atoms with E-state index in [0.29, 0.717) is 38.8 Å². The van der Waals surface area contributed by atoms with E-state index in [-0.39, 0.29) is 17.4 Å². The summed E-state index contributed by atoms with van der Waals surface area (Å²) < 4.78 is 12.7. The Kier molecular flexibility index (Phi) is 9.56. The molecule has 1 heterocycles. The summed E-state index contributed by atoms with van der Waals surface area (Å²) in [4.78, 5) is 25.4. The number of carbonyl (C=O) groups excluding carboxylic acids is 2. The van der Waals surface area contributed by atoms with E-state index in [2.05, 4.69) is 15.5 Å². The van der Waals surface area contributed by atoms with Crippen molar-refractivity contribution in [2.45, 2.75) is 5.16 Å². The summed E-state index contributed by atoms with van der Waals surface area (Å²) in [6.45, 7) is 0. The first-order valence-corrected chi connectivity index (χ1v) is 14.6. The van der Waals surface area contributed by atoms with Crippen molar-refractivity contribution in [3.63, 3.8) is 0 Å². The number of amides is 1. The standard InChI is InChI=1S/C33H27ClN4O4S/c1-41-29-19-13-24(20-30(29)42-2)32-36-37-33(38(32)27-6-4-3-5-7-27)43-21-31(40)35-26-16-11-23(12-17-26)28(39)18-10-22-8-14-25(34)15-9-22/h3-20H,21H2,1-2H3,(H,35,40)/b18-10+. The molecule has 0 radical (unpaired) electrons. The normalized spacial score (nSPS) is 11.0. The number of aromatic nitrogens is 3. The number of ether oxygens (including phenoxy) is 2. The van der Waals surface area contributed by atoms with Gasteiger partial charge < -0.3 is 14.8 Å². The molecule has 4 aromatic carbocycles. The van der Waals surface area contributed by atoms with Gasteiger partial charge >= 0.3 is 0 Å². The van der Waals surface area contributed by atoms with E-state index in [1.165, 1.54) is 17.8 Å². The molecule has 5 aromatic rings. The Balaban J connectivity index is 1.26. The van der Waals surface area contributed by atoms with Gasteiger partial charge in [-0.25, -0.2) is 0 Å². The molecule has 0 saturated carbocycles. The number of nitrogens with zero attached hydrogens (tertiary/aromatic N) is 3. The smallest absolute Gasteiger partial charge is 0.234 e. The first-order valence-electron chi connectivity index (χ1n) is 13.2. The van der Waals surface area contributed by atoms with Gasteiger partial charge in [0.05, 0.1) is 20.0 Å². The van der Waals surface area contributed by atoms with Gasteiger partial charge in [0.25, 0.3) is 0 Å². The van der Waals surface area contributed by atoms with Gasteiger partial charge in [-0.15, -0.1) is 10.2 Å². The largest absolute Gasteiger partial charge is 0.493 e. The predicted octanol–water partition coefficient (Wildman–Crippen LogP) is 7.23. The van der Waals surface area contributed by atoms with Gasteiger partial charge in [-0.05, 0) is 78.4 Å². The van der Waals surface area contributed by atoms with Crippen LogP contribution in [0.15, 0.2) is 108 Å². The van der Waals surface area contributed by atoms with Gasteiger partial charge in [0.15, 0.2) is 28.3 Å². The van der Waals surface area contributed by atoms with Crippen molar-refractivity contribution in [3.05, 3.63) is 119 Å². The van der Waals surface area contributed by atoms with Crippen LogP contribution in [0.1, 0.15) is 15.9 Å². The molecule has 0 aliphatic heterocycles. The van der Waals surface area contributed by atoms with Crippen molar-refractivity contribution in [1.82, 2.24) is 14.8 Å². The van der Waals surface area contributed by atoms with Crippen molar-refractivity contribution in [2.24, 2.45) is 0 Å². The van der Waals surface area contributed by atoms with E-state index in [1.54, 1.807) is 56.7 Å². The quantitative estimate of drug-likeness (QED) is 0.0957. The number of rotatable bonds is 11. The third-order valence-corrected chi connectivity index (χ3v) is 7.55. The second-order valence-corrected chi connectivity index (χ2v) is 10.6. The van der Waals surface area contributed by atoms with Crippen molar-refractivity contribution in [3.8, 4) is 28.6 Å². The Labute approximate surface area is 258 Å². The summed E-state index contributed by atoms with van der Waals surface area (Å²) >= 11 is 7.18. The van der Waals surface area contributed by atoms with E-state index >= 15 is 0 Å². The van der Waals surface area contributed by atoms with E-state index in [1.807, 2.05) is 65.2 Å². The Bertz CT molecular complexity index is 1750. The average molecular weight is 611 g/mol. The van der Waals surface area contributed by atoms with Crippen LogP contribution in [0.4, 0.5) is 5.69 Å². The van der Waals surface area contributed by atoms with Gasteiger partial charge in [0, 0.05) is 27.5 Å². The van der Waals surface area contributed by atoms with Crippen molar-refractivity contribution >= 4 is 46.8 Å². The van der Waals surface area contributed by atoms with Gasteiger partial charge in [-0.2, -0.15) is 0 Å². The third-order valence-electron chi connectivity index (χ3n) is 6.37. The van der Waals surface area contributed by atoms with E-state index in [0.717, 1.165) is 16.8 Å². The lowest BCUT2D eigenvalue weighted by atomic mass is 10.1. The summed E-state index contributed by atoms with van der Waals surface area (Å²) in [6, 6.07) is 29.2. The van der Waals surface area contributed by atoms with Crippen LogP contribution in [0.25, 0.3) is 23.2 Å². The second-order valence-electron chi connectivity index (χ2n) is 9.21. The van der Waals surface area contributed by atoms with E-state index < -0.39 is 0 Å². The number of benzene rings is 4. The van der Waals surface area contributed by atoms with Crippen LogP contribution in [-0.2, 0) is 4.79 Å². The van der Waals surface area contributed by atoms with Gasteiger partial charge in [0.2, 0.25) is 5.91 Å². The molecule has 5 rings (SSSR count). The number of thioether (sulfide) groups is 1. The summed E-state index contributed by atoms with van der Waals surface area (Å²) in [5, 5.41) is 12.9. The van der Waals surface area contributed by atoms with Crippen LogP contribution in [-0.4, -0.2) is 46.4 Å². The Morgan fingerprint density at radius 1 is 0.884 bits per heavy atom. The van der Waals surface area contributed by atoms with Gasteiger partial charge in [-0.1, -0.05) is 59.8 Å². The van der Waals surface area contributed by atoms with E-state index in [9.17, 15) is 9.59 Å². The maximum atomic E-state index is 12.9. The van der Waals surface area contributed by atoms with Crippen molar-refractivity contribution in [1.29, 1.82) is 0 Å². The molecule has 1 amide bonds. The zero-order valence-corrected chi connectivity index (χ0v) is 24.9. The second kappa shape index (κ2) is 13.9. The average Bonchev–Trinajstić information content (AvgIpc) is 3.48. The molecule has 43 heavy (non-hydrogen) atoms. The first kappa shape index (κ1) is 29.6. The maximum Gasteiger partial charge on any atom is 0.234 e. The monoisotopic (exact) mass is 610 g/mol. The number of hydrogen-bond acceptors (Lipinski definition) is 7. The Morgan fingerprint density at radius 3 is 2.30 bits per heavy atom. The minimum absolute atomic E-state index is 0.0986. The molecule has 1 N–H and O–H groups in total. The van der Waals surface area contributed by atoms with Crippen molar-refractivity contribution < 1.29 is 19.1 Å². The summed E-state index contributed by atoms with van der Waals surface area (Å²) in [7, 11) is 3.16. The number of hydrogen-bond donors (Lipinski definition) is 1. The third kappa shape index (κ3) is 7.32. The molecular formula is C33H27ClN4O4S. The number of methoxy groups -OCH3 is 2. The van der Waals surface area contributed by atoms with Crippen LogP contribution < -0.4 is 14.8 Å². The molecule has 216 valence electrons. The molecule has 10 heteroatoms. The lowest BCUT2D eigenvalue weighted by Crippen LogP contribution is -2.14. The summed E-state index contributed by atoms with van der Waals surface area (Å²) in [5.74, 6) is 1.51.